The highest BCUT2D eigenvalue weighted by Crippen LogP contribution is 2.34. The molecule has 0 radical (unpaired) electrons. The van der Waals surface area contributed by atoms with Crippen LogP contribution in [0.15, 0.2) is 34.9 Å². The number of hydrogen-bond donors (Lipinski definition) is 1. The average molecular weight is 386 g/mol. The third-order valence-corrected chi connectivity index (χ3v) is 4.38. The van der Waals surface area contributed by atoms with Gasteiger partial charge in [0.25, 0.3) is 0 Å². The summed E-state index contributed by atoms with van der Waals surface area (Å²) in [6.07, 6.45) is 1.94. The van der Waals surface area contributed by atoms with Gasteiger partial charge in [0.15, 0.2) is 5.65 Å². The Kier molecular flexibility index (Phi) is 3.97. The number of imidazole rings is 1. The second-order valence-electron chi connectivity index (χ2n) is 4.75. The number of aliphatic hydroxyl groups is 1. The largest absolute Gasteiger partial charge is 0.390 e. The highest BCUT2D eigenvalue weighted by molar-refractivity contribution is 9.10. The van der Waals surface area contributed by atoms with E-state index in [1.165, 1.54) is 0 Å². The second kappa shape index (κ2) is 5.61. The third kappa shape index (κ3) is 2.57. The van der Waals surface area contributed by atoms with Crippen molar-refractivity contribution in [3.05, 3.63) is 56.2 Å². The van der Waals surface area contributed by atoms with Gasteiger partial charge < -0.3 is 5.11 Å². The van der Waals surface area contributed by atoms with Gasteiger partial charge in [-0.3, -0.25) is 4.40 Å². The van der Waals surface area contributed by atoms with Gasteiger partial charge in [0.05, 0.1) is 27.5 Å². The van der Waals surface area contributed by atoms with Crippen LogP contribution in [0.4, 0.5) is 0 Å². The molecule has 1 N–H and O–H groups in total. The van der Waals surface area contributed by atoms with Crippen molar-refractivity contribution in [3.63, 3.8) is 0 Å². The van der Waals surface area contributed by atoms with Crippen molar-refractivity contribution in [2.24, 2.45) is 0 Å². The Bertz CT molecular complexity index is 845. The molecule has 0 aliphatic heterocycles. The number of fused-ring (bicyclic) bond motifs is 1. The second-order valence-corrected chi connectivity index (χ2v) is 6.45. The van der Waals surface area contributed by atoms with Gasteiger partial charge in [0, 0.05) is 16.8 Å². The highest BCUT2D eigenvalue weighted by atomic mass is 79.9. The third-order valence-electron chi connectivity index (χ3n) is 3.25. The van der Waals surface area contributed by atoms with Gasteiger partial charge in [-0.05, 0) is 52.7 Å². The molecule has 21 heavy (non-hydrogen) atoms. The standard InChI is InChI=1S/C15H11BrCl2N2O/c1-8-4-11(16)15-19-14(13(7-21)20(15)6-8)10-3-2-9(17)5-12(10)18/h2-6,21H,7H2,1H3. The Morgan fingerprint density at radius 1 is 1.29 bits per heavy atom. The van der Waals surface area contributed by atoms with Gasteiger partial charge >= 0.3 is 0 Å². The minimum atomic E-state index is -0.134. The van der Waals surface area contributed by atoms with E-state index in [1.54, 1.807) is 12.1 Å². The first-order valence-electron chi connectivity index (χ1n) is 6.24. The van der Waals surface area contributed by atoms with Gasteiger partial charge in [-0.1, -0.05) is 23.2 Å². The van der Waals surface area contributed by atoms with E-state index in [2.05, 4.69) is 20.9 Å². The van der Waals surface area contributed by atoms with Crippen LogP contribution < -0.4 is 0 Å². The number of rotatable bonds is 2. The lowest BCUT2D eigenvalue weighted by Crippen LogP contribution is -1.95. The number of aromatic nitrogens is 2. The number of nitrogens with zero attached hydrogens (tertiary/aromatic N) is 2. The van der Waals surface area contributed by atoms with Gasteiger partial charge in [-0.25, -0.2) is 4.98 Å². The van der Waals surface area contributed by atoms with Gasteiger partial charge in [-0.15, -0.1) is 0 Å². The van der Waals surface area contributed by atoms with E-state index < -0.39 is 0 Å². The van der Waals surface area contributed by atoms with E-state index in [1.807, 2.05) is 29.7 Å². The molecule has 0 fully saturated rings. The monoisotopic (exact) mass is 384 g/mol. The van der Waals surface area contributed by atoms with Gasteiger partial charge in [0.1, 0.15) is 0 Å². The Morgan fingerprint density at radius 2 is 2.05 bits per heavy atom. The summed E-state index contributed by atoms with van der Waals surface area (Å²) >= 11 is 15.7. The molecule has 0 amide bonds. The fourth-order valence-electron chi connectivity index (χ4n) is 2.33. The molecule has 0 spiro atoms. The molecule has 108 valence electrons. The van der Waals surface area contributed by atoms with Gasteiger partial charge in [0.2, 0.25) is 0 Å². The molecular weight excluding hydrogens is 375 g/mol. The molecule has 0 saturated carbocycles. The quantitative estimate of drug-likeness (QED) is 0.683. The number of halogens is 3. The zero-order valence-corrected chi connectivity index (χ0v) is 14.2. The van der Waals surface area contributed by atoms with Crippen molar-refractivity contribution < 1.29 is 5.11 Å². The molecule has 0 saturated heterocycles. The Balaban J connectivity index is 2.35. The molecule has 2 heterocycles. The van der Waals surface area contributed by atoms with Crippen LogP contribution in [-0.4, -0.2) is 14.5 Å². The van der Waals surface area contributed by atoms with E-state index in [0.717, 1.165) is 21.2 Å². The Hall–Kier alpha value is -1.07. The van der Waals surface area contributed by atoms with Crippen LogP contribution >= 0.6 is 39.1 Å². The molecule has 0 atom stereocenters. The summed E-state index contributed by atoms with van der Waals surface area (Å²) in [5.41, 5.74) is 3.91. The van der Waals surface area contributed by atoms with Crippen molar-refractivity contribution >= 4 is 44.8 Å². The van der Waals surface area contributed by atoms with E-state index in [4.69, 9.17) is 23.2 Å². The number of benzene rings is 1. The van der Waals surface area contributed by atoms with Crippen LogP contribution in [0.1, 0.15) is 11.3 Å². The summed E-state index contributed by atoms with van der Waals surface area (Å²) in [4.78, 5) is 4.61. The lowest BCUT2D eigenvalue weighted by Gasteiger charge is -2.05. The molecule has 2 aromatic heterocycles. The maximum absolute atomic E-state index is 9.75. The summed E-state index contributed by atoms with van der Waals surface area (Å²) in [6, 6.07) is 7.22. The maximum Gasteiger partial charge on any atom is 0.152 e. The van der Waals surface area contributed by atoms with Crippen LogP contribution in [-0.2, 0) is 6.61 Å². The molecular formula is C15H11BrCl2N2O. The minimum Gasteiger partial charge on any atom is -0.390 e. The van der Waals surface area contributed by atoms with Crippen molar-refractivity contribution in [2.75, 3.05) is 0 Å². The molecule has 0 unspecified atom stereocenters. The first-order chi connectivity index (χ1) is 10.0. The van der Waals surface area contributed by atoms with E-state index in [0.29, 0.717) is 21.4 Å². The van der Waals surface area contributed by atoms with Crippen molar-refractivity contribution in [1.29, 1.82) is 0 Å². The van der Waals surface area contributed by atoms with E-state index >= 15 is 0 Å². The van der Waals surface area contributed by atoms with Crippen LogP contribution in [0.3, 0.4) is 0 Å². The normalized spacial score (nSPS) is 11.3. The zero-order chi connectivity index (χ0) is 15.1. The summed E-state index contributed by atoms with van der Waals surface area (Å²) in [5.74, 6) is 0. The number of aryl methyl sites for hydroxylation is 1. The summed E-state index contributed by atoms with van der Waals surface area (Å²) in [5, 5.41) is 10.8. The summed E-state index contributed by atoms with van der Waals surface area (Å²) in [7, 11) is 0. The fourth-order valence-corrected chi connectivity index (χ4v) is 3.47. The highest BCUT2D eigenvalue weighted by Gasteiger charge is 2.17. The van der Waals surface area contributed by atoms with Gasteiger partial charge in [-0.2, -0.15) is 0 Å². The lowest BCUT2D eigenvalue weighted by molar-refractivity contribution is 0.276. The predicted octanol–water partition coefficient (Wildman–Crippen LogP) is 4.87. The fraction of sp³-hybridized carbons (Fsp3) is 0.133. The molecule has 1 aromatic carbocycles. The van der Waals surface area contributed by atoms with E-state index in [9.17, 15) is 5.11 Å². The number of aliphatic hydroxyl groups excluding tert-OH is 1. The van der Waals surface area contributed by atoms with Crippen LogP contribution in [0.25, 0.3) is 16.9 Å². The molecule has 6 heteroatoms. The predicted molar refractivity (Wildman–Crippen MR) is 89.0 cm³/mol. The zero-order valence-electron chi connectivity index (χ0n) is 11.1. The van der Waals surface area contributed by atoms with Crippen molar-refractivity contribution in [1.82, 2.24) is 9.38 Å². The van der Waals surface area contributed by atoms with Crippen molar-refractivity contribution in [2.45, 2.75) is 13.5 Å². The minimum absolute atomic E-state index is 0.134. The maximum atomic E-state index is 9.75. The summed E-state index contributed by atoms with van der Waals surface area (Å²) < 4.78 is 2.74. The first-order valence-corrected chi connectivity index (χ1v) is 7.79. The first kappa shape index (κ1) is 14.9. The van der Waals surface area contributed by atoms with Crippen molar-refractivity contribution in [3.8, 4) is 11.3 Å². The lowest BCUT2D eigenvalue weighted by atomic mass is 10.1. The molecule has 0 aliphatic rings. The van der Waals surface area contributed by atoms with E-state index in [-0.39, 0.29) is 6.61 Å². The number of pyridine rings is 1. The molecule has 3 aromatic rings. The molecule has 0 bridgehead atoms. The SMILES string of the molecule is Cc1cc(Br)c2nc(-c3ccc(Cl)cc3Cl)c(CO)n2c1. The smallest absolute Gasteiger partial charge is 0.152 e. The van der Waals surface area contributed by atoms with Crippen LogP contribution in [0.2, 0.25) is 10.0 Å². The molecule has 0 aliphatic carbocycles. The Labute approximate surface area is 140 Å². The average Bonchev–Trinajstić information content (AvgIpc) is 2.77. The Morgan fingerprint density at radius 3 is 2.71 bits per heavy atom. The topological polar surface area (TPSA) is 37.5 Å². The van der Waals surface area contributed by atoms with Crippen LogP contribution in [0, 0.1) is 6.92 Å². The summed E-state index contributed by atoms with van der Waals surface area (Å²) in [6.45, 7) is 1.85. The molecule has 3 rings (SSSR count). The van der Waals surface area contributed by atoms with Crippen LogP contribution in [0.5, 0.6) is 0 Å². The number of hydrogen-bond acceptors (Lipinski definition) is 2. The molecule has 3 nitrogen and oxygen atoms in total.